The lowest BCUT2D eigenvalue weighted by atomic mass is 10.3. The van der Waals surface area contributed by atoms with Crippen LogP contribution in [0.15, 0.2) is 0 Å². The molecule has 0 spiro atoms. The fraction of sp³-hybridized carbons (Fsp3) is 0.750. The molecule has 0 fully saturated rings. The summed E-state index contributed by atoms with van der Waals surface area (Å²) >= 11 is 3.64. The predicted octanol–water partition coefficient (Wildman–Crippen LogP) is 0.0438. The Morgan fingerprint density at radius 2 is 2.17 bits per heavy atom. The normalized spacial score (nSPS) is 14.2. The van der Waals surface area contributed by atoms with E-state index in [-0.39, 0.29) is 12.8 Å². The van der Waals surface area contributed by atoms with Gasteiger partial charge in [-0.2, -0.15) is 8.42 Å². The molecule has 0 aliphatic rings. The maximum absolute atomic E-state index is 10.5. The van der Waals surface area contributed by atoms with Crippen LogP contribution in [0.2, 0.25) is 0 Å². The van der Waals surface area contributed by atoms with Crippen LogP contribution in [0.1, 0.15) is 12.8 Å². The maximum Gasteiger partial charge on any atom is 0.278 e. The Bertz CT molecular complexity index is 249. The number of thiol groups is 1. The summed E-state index contributed by atoms with van der Waals surface area (Å²) in [6, 6.07) is 0. The van der Waals surface area contributed by atoms with Gasteiger partial charge in [0.05, 0.1) is 0 Å². The second-order valence-electron chi connectivity index (χ2n) is 2.05. The van der Waals surface area contributed by atoms with Gasteiger partial charge in [0.1, 0.15) is 4.58 Å². The van der Waals surface area contributed by atoms with Gasteiger partial charge in [0, 0.05) is 6.42 Å². The highest BCUT2D eigenvalue weighted by Gasteiger charge is 2.22. The minimum atomic E-state index is -4.13. The van der Waals surface area contributed by atoms with Crippen molar-refractivity contribution in [3.05, 3.63) is 0 Å². The van der Waals surface area contributed by atoms with Gasteiger partial charge in [-0.15, -0.1) is 11.7 Å². The molecule has 0 aliphatic heterocycles. The Balaban J connectivity index is 4.11. The van der Waals surface area contributed by atoms with Crippen LogP contribution in [0.3, 0.4) is 0 Å². The molecule has 0 saturated carbocycles. The highest BCUT2D eigenvalue weighted by Crippen LogP contribution is 2.23. The molecule has 0 aromatic heterocycles. The second-order valence-corrected chi connectivity index (χ2v) is 5.36. The van der Waals surface area contributed by atoms with E-state index >= 15 is 0 Å². The van der Waals surface area contributed by atoms with E-state index in [1.54, 1.807) is 0 Å². The maximum atomic E-state index is 10.5. The molecule has 5 nitrogen and oxygen atoms in total. The molecule has 12 heavy (non-hydrogen) atoms. The van der Waals surface area contributed by atoms with Gasteiger partial charge in [-0.1, -0.05) is 10.8 Å². The Morgan fingerprint density at radius 3 is 2.42 bits per heavy atom. The van der Waals surface area contributed by atoms with Crippen molar-refractivity contribution in [2.75, 3.05) is 0 Å². The van der Waals surface area contributed by atoms with Crippen LogP contribution in [-0.2, 0) is 14.9 Å². The number of hydrogen-bond donors (Lipinski definition) is 3. The summed E-state index contributed by atoms with van der Waals surface area (Å²) in [7, 11) is -3.46. The number of carbonyl (C=O) groups excluding carboxylic acids is 1. The van der Waals surface area contributed by atoms with Gasteiger partial charge < -0.3 is 5.73 Å². The number of rotatable bonds is 5. The number of nitrogens with two attached hydrogens (primary N) is 1. The fourth-order valence-electron chi connectivity index (χ4n) is 0.516. The Labute approximate surface area is 79.6 Å². The molecule has 0 bridgehead atoms. The van der Waals surface area contributed by atoms with Crippen molar-refractivity contribution in [2.24, 2.45) is 5.73 Å². The van der Waals surface area contributed by atoms with Gasteiger partial charge in [-0.05, 0) is 6.42 Å². The molecule has 72 valence electrons. The summed E-state index contributed by atoms with van der Waals surface area (Å²) in [5.74, 6) is -0.606. The topological polar surface area (TPSA) is 97.5 Å². The summed E-state index contributed by atoms with van der Waals surface area (Å²) in [5, 5.41) is 0. The van der Waals surface area contributed by atoms with Crippen molar-refractivity contribution in [2.45, 2.75) is 17.4 Å². The van der Waals surface area contributed by atoms with Crippen LogP contribution in [0.4, 0.5) is 0 Å². The van der Waals surface area contributed by atoms with E-state index in [0.717, 1.165) is 0 Å². The average molecular weight is 231 g/mol. The van der Waals surface area contributed by atoms with E-state index in [9.17, 15) is 13.2 Å². The van der Waals surface area contributed by atoms with Gasteiger partial charge in [0.15, 0.2) is 0 Å². The molecule has 8 heteroatoms. The molecule has 0 radical (unpaired) electrons. The zero-order valence-electron chi connectivity index (χ0n) is 6.00. The molecule has 1 atom stereocenters. The molecule has 0 aromatic rings. The monoisotopic (exact) mass is 231 g/mol. The lowest BCUT2D eigenvalue weighted by Crippen LogP contribution is -2.19. The summed E-state index contributed by atoms with van der Waals surface area (Å²) in [6.45, 7) is 0. The van der Waals surface area contributed by atoms with Crippen molar-refractivity contribution in [1.82, 2.24) is 0 Å². The third-order valence-corrected chi connectivity index (χ3v) is 4.66. The van der Waals surface area contributed by atoms with Crippen LogP contribution in [-0.4, -0.2) is 23.5 Å². The number of primary amides is 1. The largest absolute Gasteiger partial charge is 0.370 e. The van der Waals surface area contributed by atoms with Crippen LogP contribution in [0, 0.1) is 0 Å². The smallest absolute Gasteiger partial charge is 0.278 e. The minimum absolute atomic E-state index is 0.0255. The predicted molar refractivity (Wildman–Crippen MR) is 50.3 cm³/mol. The number of hydrogen-bond acceptors (Lipinski definition) is 5. The zero-order valence-corrected chi connectivity index (χ0v) is 8.53. The van der Waals surface area contributed by atoms with E-state index < -0.39 is 20.6 Å². The molecule has 0 saturated heterocycles. The molecule has 0 rings (SSSR count). The van der Waals surface area contributed by atoms with E-state index in [1.165, 1.54) is 0 Å². The molecule has 1 unspecified atom stereocenters. The summed E-state index contributed by atoms with van der Waals surface area (Å²) in [4.78, 5) is 10.3. The van der Waals surface area contributed by atoms with Crippen LogP contribution >= 0.6 is 22.5 Å². The van der Waals surface area contributed by atoms with Crippen molar-refractivity contribution in [1.29, 1.82) is 0 Å². The Hall–Kier alpha value is 0.0800. The minimum Gasteiger partial charge on any atom is -0.370 e. The van der Waals surface area contributed by atoms with Crippen LogP contribution in [0.5, 0.6) is 0 Å². The van der Waals surface area contributed by atoms with Crippen molar-refractivity contribution < 1.29 is 17.8 Å². The first-order valence-electron chi connectivity index (χ1n) is 2.92. The highest BCUT2D eigenvalue weighted by atomic mass is 33.1. The first-order valence-corrected chi connectivity index (χ1v) is 6.36. The van der Waals surface area contributed by atoms with Crippen molar-refractivity contribution in [3.63, 3.8) is 0 Å². The van der Waals surface area contributed by atoms with Crippen LogP contribution in [0.25, 0.3) is 0 Å². The molecular weight excluding hydrogens is 222 g/mol. The molecule has 1 amide bonds. The molecular formula is C4H9NO4S3. The van der Waals surface area contributed by atoms with E-state index in [4.69, 9.17) is 10.3 Å². The van der Waals surface area contributed by atoms with Gasteiger partial charge in [-0.25, -0.2) is 0 Å². The zero-order chi connectivity index (χ0) is 9.78. The van der Waals surface area contributed by atoms with Crippen LogP contribution < -0.4 is 5.73 Å². The lowest BCUT2D eigenvalue weighted by molar-refractivity contribution is -0.118. The number of amides is 1. The molecule has 0 aliphatic carbocycles. The second kappa shape index (κ2) is 4.95. The SMILES string of the molecule is NC(=O)CCC(SS)S(=O)(=O)O. The quantitative estimate of drug-likeness (QED) is 0.353. The summed E-state index contributed by atoms with van der Waals surface area (Å²) < 4.78 is 28.5. The molecule has 3 N–H and O–H groups in total. The summed E-state index contributed by atoms with van der Waals surface area (Å²) in [5.41, 5.74) is 4.79. The molecule has 0 aromatic carbocycles. The lowest BCUT2D eigenvalue weighted by Gasteiger charge is -2.07. The van der Waals surface area contributed by atoms with Crippen molar-refractivity contribution >= 4 is 38.5 Å². The average Bonchev–Trinajstić information content (AvgIpc) is 1.85. The standard InChI is InChI=1S/C4H9NO4S3/c5-3(6)1-2-4(11-10)12(7,8)9/h4,10H,1-2H2,(H2,5,6)(H,7,8,9). The third kappa shape index (κ3) is 4.86. The summed E-state index contributed by atoms with van der Waals surface area (Å²) in [6.07, 6.45) is -0.111. The number of carbonyl (C=O) groups is 1. The third-order valence-electron chi connectivity index (χ3n) is 1.08. The fourth-order valence-corrected chi connectivity index (χ4v) is 2.89. The van der Waals surface area contributed by atoms with Gasteiger partial charge in [0.2, 0.25) is 5.91 Å². The van der Waals surface area contributed by atoms with Gasteiger partial charge >= 0.3 is 0 Å². The van der Waals surface area contributed by atoms with E-state index in [1.807, 2.05) is 0 Å². The van der Waals surface area contributed by atoms with Crippen molar-refractivity contribution in [3.8, 4) is 0 Å². The highest BCUT2D eigenvalue weighted by molar-refractivity contribution is 8.70. The van der Waals surface area contributed by atoms with E-state index in [0.29, 0.717) is 10.8 Å². The van der Waals surface area contributed by atoms with Gasteiger partial charge in [0.25, 0.3) is 10.1 Å². The molecule has 0 heterocycles. The first-order chi connectivity index (χ1) is 5.38. The Morgan fingerprint density at radius 1 is 1.67 bits per heavy atom. The Kier molecular flexibility index (Phi) is 4.98. The first kappa shape index (κ1) is 12.1. The van der Waals surface area contributed by atoms with E-state index in [2.05, 4.69) is 11.7 Å². The van der Waals surface area contributed by atoms with Gasteiger partial charge in [-0.3, -0.25) is 9.35 Å².